The van der Waals surface area contributed by atoms with E-state index in [2.05, 4.69) is 22.9 Å². The molecule has 3 N–H and O–H groups in total. The zero-order valence-corrected chi connectivity index (χ0v) is 15.2. The minimum atomic E-state index is -0.0913. The standard InChI is InChI=1S/C17H31N3O2.ClH/c1-12-11-18-9-8-15(12)20-16(21)10-13(2)19-17(22)14-6-4-3-5-7-14;/h12-15,18H,3-11H2,1-2H3,(H,19,22)(H,20,21);1H. The number of nitrogens with one attached hydrogen (secondary N) is 3. The van der Waals surface area contributed by atoms with Crippen LogP contribution in [-0.2, 0) is 9.59 Å². The van der Waals surface area contributed by atoms with Crippen molar-refractivity contribution in [1.29, 1.82) is 0 Å². The van der Waals surface area contributed by atoms with E-state index in [9.17, 15) is 9.59 Å². The van der Waals surface area contributed by atoms with Crippen LogP contribution in [0.2, 0.25) is 0 Å². The van der Waals surface area contributed by atoms with E-state index in [1.807, 2.05) is 6.92 Å². The first-order chi connectivity index (χ1) is 10.6. The Hall–Kier alpha value is -0.810. The van der Waals surface area contributed by atoms with E-state index in [1.54, 1.807) is 0 Å². The van der Waals surface area contributed by atoms with Gasteiger partial charge in [-0.3, -0.25) is 9.59 Å². The van der Waals surface area contributed by atoms with Gasteiger partial charge in [-0.1, -0.05) is 26.2 Å². The number of halogens is 1. The van der Waals surface area contributed by atoms with Crippen molar-refractivity contribution in [3.63, 3.8) is 0 Å². The molecule has 2 amide bonds. The molecule has 1 aliphatic heterocycles. The molecule has 0 bridgehead atoms. The first kappa shape index (κ1) is 20.2. The smallest absolute Gasteiger partial charge is 0.223 e. The van der Waals surface area contributed by atoms with Crippen LogP contribution in [0.1, 0.15) is 58.8 Å². The van der Waals surface area contributed by atoms with Gasteiger partial charge in [-0.2, -0.15) is 0 Å². The zero-order chi connectivity index (χ0) is 15.9. The number of hydrogen-bond acceptors (Lipinski definition) is 3. The molecule has 0 aromatic carbocycles. The summed E-state index contributed by atoms with van der Waals surface area (Å²) in [4.78, 5) is 24.3. The Kier molecular flexibility index (Phi) is 8.92. The van der Waals surface area contributed by atoms with Crippen LogP contribution in [0.25, 0.3) is 0 Å². The molecule has 0 aromatic heterocycles. The molecule has 23 heavy (non-hydrogen) atoms. The minimum absolute atomic E-state index is 0. The Morgan fingerprint density at radius 2 is 1.87 bits per heavy atom. The highest BCUT2D eigenvalue weighted by atomic mass is 35.5. The summed E-state index contributed by atoms with van der Waals surface area (Å²) in [6.07, 6.45) is 6.90. The maximum atomic E-state index is 12.2. The van der Waals surface area contributed by atoms with Crippen molar-refractivity contribution in [2.75, 3.05) is 13.1 Å². The Morgan fingerprint density at radius 1 is 1.17 bits per heavy atom. The molecule has 2 rings (SSSR count). The lowest BCUT2D eigenvalue weighted by atomic mass is 9.88. The van der Waals surface area contributed by atoms with E-state index in [-0.39, 0.29) is 42.2 Å². The van der Waals surface area contributed by atoms with Gasteiger partial charge in [-0.25, -0.2) is 0 Å². The van der Waals surface area contributed by atoms with Crippen LogP contribution in [0.5, 0.6) is 0 Å². The third-order valence-corrected chi connectivity index (χ3v) is 4.99. The highest BCUT2D eigenvalue weighted by molar-refractivity contribution is 5.85. The summed E-state index contributed by atoms with van der Waals surface area (Å²) < 4.78 is 0. The Morgan fingerprint density at radius 3 is 2.52 bits per heavy atom. The summed E-state index contributed by atoms with van der Waals surface area (Å²) in [6.45, 7) is 6.00. The van der Waals surface area contributed by atoms with Gasteiger partial charge in [0, 0.05) is 24.4 Å². The molecule has 6 heteroatoms. The summed E-state index contributed by atoms with van der Waals surface area (Å²) in [5.41, 5.74) is 0. The van der Waals surface area contributed by atoms with Gasteiger partial charge in [-0.15, -0.1) is 12.4 Å². The van der Waals surface area contributed by atoms with E-state index < -0.39 is 0 Å². The summed E-state index contributed by atoms with van der Waals surface area (Å²) in [5.74, 6) is 0.805. The largest absolute Gasteiger partial charge is 0.353 e. The van der Waals surface area contributed by atoms with Crippen molar-refractivity contribution in [1.82, 2.24) is 16.0 Å². The molecule has 0 aromatic rings. The van der Waals surface area contributed by atoms with Gasteiger partial charge < -0.3 is 16.0 Å². The van der Waals surface area contributed by atoms with Gasteiger partial charge in [0.25, 0.3) is 0 Å². The van der Waals surface area contributed by atoms with E-state index >= 15 is 0 Å². The Labute approximate surface area is 146 Å². The summed E-state index contributed by atoms with van der Waals surface area (Å²) in [7, 11) is 0. The van der Waals surface area contributed by atoms with Gasteiger partial charge in [0.1, 0.15) is 0 Å². The summed E-state index contributed by atoms with van der Waals surface area (Å²) >= 11 is 0. The van der Waals surface area contributed by atoms with Crippen LogP contribution >= 0.6 is 12.4 Å². The molecule has 3 atom stereocenters. The van der Waals surface area contributed by atoms with Crippen molar-refractivity contribution < 1.29 is 9.59 Å². The second-order valence-corrected chi connectivity index (χ2v) is 7.09. The lowest BCUT2D eigenvalue weighted by Crippen LogP contribution is -2.49. The molecule has 5 nitrogen and oxygen atoms in total. The monoisotopic (exact) mass is 345 g/mol. The van der Waals surface area contributed by atoms with E-state index in [0.717, 1.165) is 45.2 Å². The SMILES string of the molecule is CC(CC(=O)NC1CCNCC1C)NC(=O)C1CCCCC1.Cl. The second-order valence-electron chi connectivity index (χ2n) is 7.09. The molecule has 2 fully saturated rings. The van der Waals surface area contributed by atoms with Crippen LogP contribution in [-0.4, -0.2) is 37.0 Å². The topological polar surface area (TPSA) is 70.2 Å². The third-order valence-electron chi connectivity index (χ3n) is 4.99. The lowest BCUT2D eigenvalue weighted by molar-refractivity contribution is -0.127. The number of carbonyl (C=O) groups is 2. The quantitative estimate of drug-likeness (QED) is 0.713. The Balaban J connectivity index is 0.00000264. The minimum Gasteiger partial charge on any atom is -0.353 e. The number of carbonyl (C=O) groups excluding carboxylic acids is 2. The normalized spacial score (nSPS) is 26.7. The van der Waals surface area contributed by atoms with Gasteiger partial charge in [0.05, 0.1) is 0 Å². The highest BCUT2D eigenvalue weighted by Gasteiger charge is 2.25. The molecule has 0 radical (unpaired) electrons. The maximum absolute atomic E-state index is 12.2. The number of hydrogen-bond donors (Lipinski definition) is 3. The highest BCUT2D eigenvalue weighted by Crippen LogP contribution is 2.23. The average Bonchev–Trinajstić information content (AvgIpc) is 2.50. The first-order valence-electron chi connectivity index (χ1n) is 8.86. The molecule has 3 unspecified atom stereocenters. The van der Waals surface area contributed by atoms with Crippen molar-refractivity contribution in [3.05, 3.63) is 0 Å². The summed E-state index contributed by atoms with van der Waals surface area (Å²) in [5, 5.41) is 9.47. The summed E-state index contributed by atoms with van der Waals surface area (Å²) in [6, 6.07) is 0.168. The predicted molar refractivity (Wildman–Crippen MR) is 94.6 cm³/mol. The van der Waals surface area contributed by atoms with Crippen molar-refractivity contribution in [2.24, 2.45) is 11.8 Å². The van der Waals surface area contributed by atoms with Crippen LogP contribution in [0.4, 0.5) is 0 Å². The zero-order valence-electron chi connectivity index (χ0n) is 14.4. The molecular formula is C17H32ClN3O2. The predicted octanol–water partition coefficient (Wildman–Crippen LogP) is 2.00. The van der Waals surface area contributed by atoms with E-state index in [1.165, 1.54) is 6.42 Å². The number of piperidine rings is 1. The molecule has 2 aliphatic rings. The second kappa shape index (κ2) is 10.1. The van der Waals surface area contributed by atoms with Crippen LogP contribution in [0, 0.1) is 11.8 Å². The fourth-order valence-corrected chi connectivity index (χ4v) is 3.55. The van der Waals surface area contributed by atoms with Crippen molar-refractivity contribution >= 4 is 24.2 Å². The van der Waals surface area contributed by atoms with Gasteiger partial charge in [0.15, 0.2) is 0 Å². The molecule has 1 aliphatic carbocycles. The van der Waals surface area contributed by atoms with E-state index in [4.69, 9.17) is 0 Å². The van der Waals surface area contributed by atoms with Gasteiger partial charge in [-0.05, 0) is 45.2 Å². The maximum Gasteiger partial charge on any atom is 0.223 e. The molecule has 134 valence electrons. The number of rotatable bonds is 5. The number of amides is 2. The van der Waals surface area contributed by atoms with Gasteiger partial charge >= 0.3 is 0 Å². The van der Waals surface area contributed by atoms with Crippen LogP contribution < -0.4 is 16.0 Å². The fraction of sp³-hybridized carbons (Fsp3) is 0.882. The third kappa shape index (κ3) is 6.68. The lowest BCUT2D eigenvalue weighted by Gasteiger charge is -2.30. The molecular weight excluding hydrogens is 314 g/mol. The van der Waals surface area contributed by atoms with Crippen LogP contribution in [0.15, 0.2) is 0 Å². The molecule has 1 saturated heterocycles. The molecule has 1 saturated carbocycles. The van der Waals surface area contributed by atoms with Gasteiger partial charge in [0.2, 0.25) is 11.8 Å². The van der Waals surface area contributed by atoms with Crippen LogP contribution in [0.3, 0.4) is 0 Å². The van der Waals surface area contributed by atoms with Crippen molar-refractivity contribution in [3.8, 4) is 0 Å². The Bertz CT molecular complexity index is 386. The first-order valence-corrected chi connectivity index (χ1v) is 8.86. The van der Waals surface area contributed by atoms with Crippen molar-refractivity contribution in [2.45, 2.75) is 70.9 Å². The molecule has 1 heterocycles. The molecule has 0 spiro atoms. The van der Waals surface area contributed by atoms with E-state index in [0.29, 0.717) is 12.3 Å². The fourth-order valence-electron chi connectivity index (χ4n) is 3.55. The average molecular weight is 346 g/mol.